The standard InChI is InChI=1S/C20H22FN3O2S2.ClH/c1-23(2)10-11-24(19(25)13-26-17-7-5-4-6-15(17)21)20-22-16-9-8-14(27-3)12-18(16)28-20;/h4-9,12H,10-11,13H2,1-3H3;1H. The van der Waals surface area contributed by atoms with Gasteiger partial charge in [0.2, 0.25) is 0 Å². The van der Waals surface area contributed by atoms with Crippen LogP contribution in [0.4, 0.5) is 9.52 Å². The molecule has 5 nitrogen and oxygen atoms in total. The molecule has 0 atom stereocenters. The number of nitrogens with zero attached hydrogens (tertiary/aromatic N) is 3. The van der Waals surface area contributed by atoms with Crippen LogP contribution in [0.2, 0.25) is 0 Å². The summed E-state index contributed by atoms with van der Waals surface area (Å²) in [5, 5.41) is 0.622. The number of hydrogen-bond acceptors (Lipinski definition) is 6. The zero-order chi connectivity index (χ0) is 20.1. The van der Waals surface area contributed by atoms with E-state index in [0.717, 1.165) is 15.1 Å². The minimum Gasteiger partial charge on any atom is -0.481 e. The maximum absolute atomic E-state index is 13.8. The minimum atomic E-state index is -0.486. The van der Waals surface area contributed by atoms with Crippen molar-refractivity contribution in [2.45, 2.75) is 4.90 Å². The van der Waals surface area contributed by atoms with Crippen molar-refractivity contribution in [1.29, 1.82) is 0 Å². The third-order valence-electron chi connectivity index (χ3n) is 4.07. The van der Waals surface area contributed by atoms with E-state index in [2.05, 4.69) is 11.1 Å². The number of rotatable bonds is 8. The smallest absolute Gasteiger partial charge is 0.266 e. The van der Waals surface area contributed by atoms with Crippen molar-refractivity contribution >= 4 is 56.8 Å². The highest BCUT2D eigenvalue weighted by Gasteiger charge is 2.21. The third kappa shape index (κ3) is 6.05. The molecular formula is C20H23ClFN3O2S2. The molecule has 0 radical (unpaired) electrons. The number of amides is 1. The van der Waals surface area contributed by atoms with Gasteiger partial charge in [0.15, 0.2) is 23.3 Å². The Kier molecular flexibility index (Phi) is 8.70. The summed E-state index contributed by atoms with van der Waals surface area (Å²) in [7, 11) is 3.89. The van der Waals surface area contributed by atoms with Gasteiger partial charge in [-0.25, -0.2) is 9.37 Å². The van der Waals surface area contributed by atoms with E-state index >= 15 is 0 Å². The van der Waals surface area contributed by atoms with E-state index in [4.69, 9.17) is 4.74 Å². The molecule has 0 aliphatic rings. The van der Waals surface area contributed by atoms with Crippen LogP contribution >= 0.6 is 35.5 Å². The first-order valence-electron chi connectivity index (χ1n) is 8.75. The molecule has 0 saturated heterocycles. The van der Waals surface area contributed by atoms with Gasteiger partial charge in [-0.1, -0.05) is 23.5 Å². The number of fused-ring (bicyclic) bond motifs is 1. The molecule has 29 heavy (non-hydrogen) atoms. The van der Waals surface area contributed by atoms with E-state index < -0.39 is 5.82 Å². The zero-order valence-corrected chi connectivity index (χ0v) is 18.9. The van der Waals surface area contributed by atoms with Crippen LogP contribution in [-0.2, 0) is 4.79 Å². The van der Waals surface area contributed by atoms with Crippen molar-refractivity contribution in [3.05, 3.63) is 48.3 Å². The molecule has 0 bridgehead atoms. The Bertz CT molecular complexity index is 968. The maximum atomic E-state index is 13.8. The van der Waals surface area contributed by atoms with E-state index in [-0.39, 0.29) is 30.7 Å². The Hall–Kier alpha value is -1.87. The summed E-state index contributed by atoms with van der Waals surface area (Å²) in [5.74, 6) is -0.675. The number of para-hydroxylation sites is 1. The fourth-order valence-electron chi connectivity index (χ4n) is 2.54. The number of thiazole rings is 1. The Morgan fingerprint density at radius 3 is 2.66 bits per heavy atom. The predicted molar refractivity (Wildman–Crippen MR) is 121 cm³/mol. The Morgan fingerprint density at radius 2 is 1.97 bits per heavy atom. The molecule has 9 heteroatoms. The Labute approximate surface area is 184 Å². The van der Waals surface area contributed by atoms with Gasteiger partial charge in [0.25, 0.3) is 5.91 Å². The predicted octanol–water partition coefficient (Wildman–Crippen LogP) is 4.55. The molecule has 1 aromatic heterocycles. The Morgan fingerprint density at radius 1 is 1.21 bits per heavy atom. The molecule has 0 aliphatic heterocycles. The number of ether oxygens (including phenoxy) is 1. The summed E-state index contributed by atoms with van der Waals surface area (Å²) in [4.78, 5) is 22.3. The van der Waals surface area contributed by atoms with Gasteiger partial charge in [-0.2, -0.15) is 0 Å². The fraction of sp³-hybridized carbons (Fsp3) is 0.300. The highest BCUT2D eigenvalue weighted by atomic mass is 35.5. The summed E-state index contributed by atoms with van der Waals surface area (Å²) >= 11 is 3.14. The molecule has 3 rings (SSSR count). The van der Waals surface area contributed by atoms with Crippen LogP contribution in [0, 0.1) is 5.82 Å². The number of thioether (sulfide) groups is 1. The van der Waals surface area contributed by atoms with Crippen molar-refractivity contribution in [2.75, 3.05) is 44.9 Å². The van der Waals surface area contributed by atoms with Crippen LogP contribution in [0.25, 0.3) is 10.2 Å². The monoisotopic (exact) mass is 455 g/mol. The van der Waals surface area contributed by atoms with E-state index in [9.17, 15) is 9.18 Å². The summed E-state index contributed by atoms with van der Waals surface area (Å²) in [6, 6.07) is 12.1. The zero-order valence-electron chi connectivity index (χ0n) is 16.4. The number of aromatic nitrogens is 1. The molecule has 0 spiro atoms. The van der Waals surface area contributed by atoms with Gasteiger partial charge < -0.3 is 9.64 Å². The highest BCUT2D eigenvalue weighted by Crippen LogP contribution is 2.31. The third-order valence-corrected chi connectivity index (χ3v) is 5.84. The van der Waals surface area contributed by atoms with Crippen molar-refractivity contribution in [3.8, 4) is 5.75 Å². The van der Waals surface area contributed by atoms with Gasteiger partial charge >= 0.3 is 0 Å². The number of benzene rings is 2. The summed E-state index contributed by atoms with van der Waals surface area (Å²) in [5.41, 5.74) is 0.857. The number of hydrogen-bond donors (Lipinski definition) is 0. The number of likely N-dealkylation sites (N-methyl/N-ethyl adjacent to an activating group) is 1. The van der Waals surface area contributed by atoms with Crippen LogP contribution in [0.15, 0.2) is 47.4 Å². The molecule has 2 aromatic carbocycles. The molecule has 1 heterocycles. The largest absolute Gasteiger partial charge is 0.481 e. The van der Waals surface area contributed by atoms with Gasteiger partial charge in [0, 0.05) is 18.0 Å². The van der Waals surface area contributed by atoms with Crippen molar-refractivity contribution in [1.82, 2.24) is 9.88 Å². The lowest BCUT2D eigenvalue weighted by Gasteiger charge is -2.22. The molecule has 0 saturated carbocycles. The molecule has 0 N–H and O–H groups in total. The van der Waals surface area contributed by atoms with Gasteiger partial charge in [-0.05, 0) is 50.7 Å². The second-order valence-electron chi connectivity index (χ2n) is 6.40. The summed E-state index contributed by atoms with van der Waals surface area (Å²) in [6.45, 7) is 0.902. The molecule has 3 aromatic rings. The van der Waals surface area contributed by atoms with E-state index in [1.54, 1.807) is 28.8 Å². The molecule has 0 unspecified atom stereocenters. The number of carbonyl (C=O) groups excluding carboxylic acids is 1. The normalized spacial score (nSPS) is 10.8. The molecule has 0 aliphatic carbocycles. The van der Waals surface area contributed by atoms with Crippen LogP contribution in [0.3, 0.4) is 0 Å². The number of halogens is 2. The second-order valence-corrected chi connectivity index (χ2v) is 8.29. The summed E-state index contributed by atoms with van der Waals surface area (Å²) in [6.07, 6.45) is 2.02. The topological polar surface area (TPSA) is 45.7 Å². The van der Waals surface area contributed by atoms with Crippen molar-refractivity contribution in [3.63, 3.8) is 0 Å². The highest BCUT2D eigenvalue weighted by molar-refractivity contribution is 7.98. The first kappa shape index (κ1) is 23.4. The lowest BCUT2D eigenvalue weighted by Crippen LogP contribution is -2.39. The SMILES string of the molecule is CSc1ccc2nc(N(CCN(C)C)C(=O)COc3ccccc3F)sc2c1.Cl. The number of carbonyl (C=O) groups is 1. The van der Waals surface area contributed by atoms with Crippen LogP contribution in [0.1, 0.15) is 0 Å². The van der Waals surface area contributed by atoms with Crippen molar-refractivity contribution < 1.29 is 13.9 Å². The van der Waals surface area contributed by atoms with Gasteiger partial charge in [0.05, 0.1) is 10.2 Å². The molecule has 156 valence electrons. The fourth-order valence-corrected chi connectivity index (χ4v) is 4.10. The van der Waals surface area contributed by atoms with Crippen LogP contribution < -0.4 is 9.64 Å². The van der Waals surface area contributed by atoms with Gasteiger partial charge in [-0.15, -0.1) is 24.2 Å². The number of anilines is 1. The van der Waals surface area contributed by atoms with Crippen LogP contribution in [-0.4, -0.2) is 55.8 Å². The summed E-state index contributed by atoms with van der Waals surface area (Å²) < 4.78 is 20.2. The van der Waals surface area contributed by atoms with Crippen molar-refractivity contribution in [2.24, 2.45) is 0 Å². The maximum Gasteiger partial charge on any atom is 0.266 e. The van der Waals surface area contributed by atoms with E-state index in [0.29, 0.717) is 18.2 Å². The lowest BCUT2D eigenvalue weighted by atomic mass is 10.3. The Balaban J connectivity index is 0.00000300. The first-order chi connectivity index (χ1) is 13.5. The quantitative estimate of drug-likeness (QED) is 0.466. The van der Waals surface area contributed by atoms with Gasteiger partial charge in [-0.3, -0.25) is 9.69 Å². The molecule has 1 amide bonds. The molecule has 0 fully saturated rings. The van der Waals surface area contributed by atoms with E-state index in [1.165, 1.54) is 23.5 Å². The second kappa shape index (κ2) is 10.8. The average Bonchev–Trinajstić information content (AvgIpc) is 3.09. The van der Waals surface area contributed by atoms with Crippen LogP contribution in [0.5, 0.6) is 5.75 Å². The van der Waals surface area contributed by atoms with E-state index in [1.807, 2.05) is 37.4 Å². The average molecular weight is 456 g/mol. The van der Waals surface area contributed by atoms with Gasteiger partial charge in [0.1, 0.15) is 0 Å². The minimum absolute atomic E-state index is 0. The lowest BCUT2D eigenvalue weighted by molar-refractivity contribution is -0.120. The molecular weight excluding hydrogens is 433 g/mol. The first-order valence-corrected chi connectivity index (χ1v) is 10.8.